The van der Waals surface area contributed by atoms with Crippen LogP contribution in [-0.4, -0.2) is 33.1 Å². The minimum absolute atomic E-state index is 0.122. The summed E-state index contributed by atoms with van der Waals surface area (Å²) in [6, 6.07) is 0. The average molecular weight is 322 g/mol. The molecular weight excluding hydrogens is 288 g/mol. The van der Waals surface area contributed by atoms with Gasteiger partial charge in [-0.25, -0.2) is 0 Å². The monoisotopic (exact) mass is 322 g/mol. The van der Waals surface area contributed by atoms with Crippen LogP contribution >= 0.6 is 0 Å². The Labute approximate surface area is 141 Å². The summed E-state index contributed by atoms with van der Waals surface area (Å²) in [5.41, 5.74) is 0.493. The molecule has 132 valence electrons. The minimum atomic E-state index is -0.927. The molecule has 0 radical (unpaired) electrons. The molecule has 3 N–H and O–H groups in total. The van der Waals surface area contributed by atoms with Gasteiger partial charge in [0.15, 0.2) is 0 Å². The molecule has 3 nitrogen and oxygen atoms in total. The van der Waals surface area contributed by atoms with E-state index in [1.54, 1.807) is 26.0 Å². The summed E-state index contributed by atoms with van der Waals surface area (Å²) in [6.07, 6.45) is 13.1. The van der Waals surface area contributed by atoms with Gasteiger partial charge in [-0.2, -0.15) is 0 Å². The maximum Gasteiger partial charge on any atom is 0.0831 e. The second-order valence-corrected chi connectivity index (χ2v) is 6.86. The number of allylic oxidation sites excluding steroid dienone is 3. The summed E-state index contributed by atoms with van der Waals surface area (Å²) < 4.78 is 0. The second-order valence-electron chi connectivity index (χ2n) is 6.86. The summed E-state index contributed by atoms with van der Waals surface area (Å²) >= 11 is 0. The zero-order chi connectivity index (χ0) is 17.9. The van der Waals surface area contributed by atoms with Crippen LogP contribution in [0.1, 0.15) is 59.8 Å². The van der Waals surface area contributed by atoms with E-state index in [4.69, 9.17) is 5.11 Å². The third-order valence-electron chi connectivity index (χ3n) is 3.87. The fourth-order valence-corrected chi connectivity index (χ4v) is 2.04. The number of hydrogen-bond acceptors (Lipinski definition) is 3. The Bertz CT molecular complexity index is 440. The second kappa shape index (κ2) is 10.6. The van der Waals surface area contributed by atoms with E-state index < -0.39 is 11.2 Å². The van der Waals surface area contributed by atoms with E-state index in [-0.39, 0.29) is 6.61 Å². The molecule has 0 aliphatic heterocycles. The molecule has 0 heterocycles. The molecule has 23 heavy (non-hydrogen) atoms. The molecule has 0 aliphatic carbocycles. The van der Waals surface area contributed by atoms with Crippen LogP contribution in [0.15, 0.2) is 48.1 Å². The highest BCUT2D eigenvalue weighted by Crippen LogP contribution is 2.18. The number of aliphatic hydroxyl groups excluding tert-OH is 1. The quantitative estimate of drug-likeness (QED) is 0.503. The lowest BCUT2D eigenvalue weighted by Gasteiger charge is -2.20. The molecule has 3 heteroatoms. The molecule has 0 bridgehead atoms. The molecule has 0 spiro atoms. The van der Waals surface area contributed by atoms with Gasteiger partial charge < -0.3 is 15.3 Å². The van der Waals surface area contributed by atoms with Crippen LogP contribution in [-0.2, 0) is 0 Å². The van der Waals surface area contributed by atoms with Crippen molar-refractivity contribution in [2.75, 3.05) is 6.61 Å². The zero-order valence-electron chi connectivity index (χ0n) is 15.2. The Kier molecular flexibility index (Phi) is 10.1. The molecule has 0 saturated carbocycles. The van der Waals surface area contributed by atoms with E-state index in [0.717, 1.165) is 24.8 Å². The van der Waals surface area contributed by atoms with E-state index >= 15 is 0 Å². The van der Waals surface area contributed by atoms with Gasteiger partial charge in [0.2, 0.25) is 0 Å². The average Bonchev–Trinajstić information content (AvgIpc) is 2.46. The van der Waals surface area contributed by atoms with Crippen molar-refractivity contribution in [3.8, 4) is 0 Å². The maximum atomic E-state index is 10.3. The van der Waals surface area contributed by atoms with Crippen molar-refractivity contribution >= 4 is 0 Å². The summed E-state index contributed by atoms with van der Waals surface area (Å²) in [5, 5.41) is 29.1. The highest BCUT2D eigenvalue weighted by Gasteiger charge is 2.17. The van der Waals surface area contributed by atoms with Crippen molar-refractivity contribution in [2.24, 2.45) is 0 Å². The van der Waals surface area contributed by atoms with Crippen molar-refractivity contribution in [1.82, 2.24) is 0 Å². The van der Waals surface area contributed by atoms with Gasteiger partial charge in [0.05, 0.1) is 17.8 Å². The lowest BCUT2D eigenvalue weighted by Crippen LogP contribution is -2.22. The Hall–Kier alpha value is -1.16. The molecule has 0 aliphatic rings. The van der Waals surface area contributed by atoms with E-state index in [0.29, 0.717) is 12.8 Å². The summed E-state index contributed by atoms with van der Waals surface area (Å²) in [6.45, 7) is 11.2. The Balaban J connectivity index is 4.24. The Morgan fingerprint density at radius 1 is 1.00 bits per heavy atom. The molecule has 0 aromatic heterocycles. The summed E-state index contributed by atoms with van der Waals surface area (Å²) in [4.78, 5) is 0. The van der Waals surface area contributed by atoms with Crippen molar-refractivity contribution in [3.63, 3.8) is 0 Å². The van der Waals surface area contributed by atoms with Crippen LogP contribution in [0.25, 0.3) is 0 Å². The third kappa shape index (κ3) is 12.0. The number of rotatable bonds is 11. The lowest BCUT2D eigenvalue weighted by molar-refractivity contribution is 0.0989. The number of hydrogen-bond donors (Lipinski definition) is 3. The Morgan fingerprint density at radius 3 is 2.17 bits per heavy atom. The predicted molar refractivity (Wildman–Crippen MR) is 98.3 cm³/mol. The van der Waals surface area contributed by atoms with Gasteiger partial charge >= 0.3 is 0 Å². The zero-order valence-corrected chi connectivity index (χ0v) is 15.2. The van der Waals surface area contributed by atoms with Gasteiger partial charge in [0.1, 0.15) is 0 Å². The molecule has 2 unspecified atom stereocenters. The van der Waals surface area contributed by atoms with Crippen molar-refractivity contribution in [2.45, 2.75) is 71.0 Å². The predicted octanol–water partition coefficient (Wildman–Crippen LogP) is 4.07. The van der Waals surface area contributed by atoms with Crippen LogP contribution in [0, 0.1) is 0 Å². The molecule has 0 aromatic carbocycles. The van der Waals surface area contributed by atoms with Crippen LogP contribution < -0.4 is 0 Å². The minimum Gasteiger partial charge on any atom is -0.392 e. The molecular formula is C20H34O3. The smallest absolute Gasteiger partial charge is 0.0831 e. The highest BCUT2D eigenvalue weighted by atomic mass is 16.3. The van der Waals surface area contributed by atoms with Gasteiger partial charge in [0, 0.05) is 0 Å². The normalized spacial score (nSPS) is 18.7. The lowest BCUT2D eigenvalue weighted by atomic mass is 9.95. The molecule has 0 fully saturated rings. The molecule has 2 atom stereocenters. The summed E-state index contributed by atoms with van der Waals surface area (Å²) in [7, 11) is 0. The first kappa shape index (κ1) is 21.8. The van der Waals surface area contributed by atoms with Crippen LogP contribution in [0.5, 0.6) is 0 Å². The third-order valence-corrected chi connectivity index (χ3v) is 3.87. The first-order valence-electron chi connectivity index (χ1n) is 8.30. The van der Waals surface area contributed by atoms with Gasteiger partial charge in [-0.3, -0.25) is 0 Å². The SMILES string of the molecule is C=CC(C)(O)CC=CC(C)(O)CCC=C(C)CCC=C(C)CO. The van der Waals surface area contributed by atoms with Gasteiger partial charge in [-0.05, 0) is 59.8 Å². The van der Waals surface area contributed by atoms with E-state index in [1.165, 1.54) is 11.6 Å². The van der Waals surface area contributed by atoms with E-state index in [1.807, 2.05) is 6.92 Å². The number of aliphatic hydroxyl groups is 3. The first-order valence-corrected chi connectivity index (χ1v) is 8.30. The summed E-state index contributed by atoms with van der Waals surface area (Å²) in [5.74, 6) is 0. The largest absolute Gasteiger partial charge is 0.392 e. The van der Waals surface area contributed by atoms with E-state index in [2.05, 4.69) is 25.7 Å². The van der Waals surface area contributed by atoms with Crippen molar-refractivity contribution in [1.29, 1.82) is 0 Å². The topological polar surface area (TPSA) is 60.7 Å². The van der Waals surface area contributed by atoms with Crippen molar-refractivity contribution in [3.05, 3.63) is 48.1 Å². The van der Waals surface area contributed by atoms with Gasteiger partial charge in [-0.15, -0.1) is 6.58 Å². The van der Waals surface area contributed by atoms with Crippen LogP contribution in [0.4, 0.5) is 0 Å². The molecule has 0 rings (SSSR count). The molecule has 0 aromatic rings. The van der Waals surface area contributed by atoms with Gasteiger partial charge in [0.25, 0.3) is 0 Å². The maximum absolute atomic E-state index is 10.3. The first-order chi connectivity index (χ1) is 10.6. The molecule has 0 saturated heterocycles. The van der Waals surface area contributed by atoms with E-state index in [9.17, 15) is 10.2 Å². The van der Waals surface area contributed by atoms with Gasteiger partial charge in [-0.1, -0.05) is 41.5 Å². The highest BCUT2D eigenvalue weighted by molar-refractivity contribution is 5.07. The fourth-order valence-electron chi connectivity index (χ4n) is 2.04. The van der Waals surface area contributed by atoms with Crippen LogP contribution in [0.3, 0.4) is 0 Å². The standard InChI is InChI=1S/C20H34O3/c1-6-19(4,22)14-9-15-20(5,23)13-8-12-17(2)10-7-11-18(3)16-21/h6,9,11-12,15,21-23H,1,7-8,10,13-14,16H2,2-5H3. The molecule has 0 amide bonds. The van der Waals surface area contributed by atoms with Crippen molar-refractivity contribution < 1.29 is 15.3 Å². The Morgan fingerprint density at radius 2 is 1.61 bits per heavy atom. The van der Waals surface area contributed by atoms with Crippen LogP contribution in [0.2, 0.25) is 0 Å². The fraction of sp³-hybridized carbons (Fsp3) is 0.600.